The number of ketones is 1. The molecule has 0 saturated heterocycles. The lowest BCUT2D eigenvalue weighted by atomic mass is 9.91. The van der Waals surface area contributed by atoms with Crippen LogP contribution < -0.4 is 29.5 Å². The molecule has 0 atom stereocenters. The molecule has 0 saturated carbocycles. The van der Waals surface area contributed by atoms with Crippen LogP contribution in [0.3, 0.4) is 0 Å². The number of thiazole rings is 1. The molecular weight excluding hydrogens is 460 g/mol. The third kappa shape index (κ3) is 5.26. The first-order chi connectivity index (χ1) is 15.6. The molecule has 1 aliphatic heterocycles. The van der Waals surface area contributed by atoms with E-state index in [0.29, 0.717) is 26.4 Å². The minimum Gasteiger partial charge on any atom is -0.454 e. The van der Waals surface area contributed by atoms with Crippen LogP contribution in [0.2, 0.25) is 0 Å². The Hall–Kier alpha value is -3.17. The summed E-state index contributed by atoms with van der Waals surface area (Å²) >= 11 is 2.78. The number of carbonyl (C=O) groups excluding carboxylic acids is 2. The van der Waals surface area contributed by atoms with Crippen molar-refractivity contribution in [3.63, 3.8) is 0 Å². The van der Waals surface area contributed by atoms with Crippen LogP contribution in [0.1, 0.15) is 30.5 Å². The molecule has 1 N–H and O–H groups in total. The van der Waals surface area contributed by atoms with Gasteiger partial charge in [-0.25, -0.2) is 0 Å². The Morgan fingerprint density at radius 2 is 1.88 bits per heavy atom. The number of hydrogen-bond donors (Lipinski definition) is 1. The molecule has 3 heterocycles. The first-order valence-corrected chi connectivity index (χ1v) is 12.0. The lowest BCUT2D eigenvalue weighted by Crippen LogP contribution is -2.36. The van der Waals surface area contributed by atoms with Gasteiger partial charge in [0.05, 0.1) is 4.53 Å². The maximum absolute atomic E-state index is 13.2. The van der Waals surface area contributed by atoms with Gasteiger partial charge in [0.2, 0.25) is 12.7 Å². The molecular formula is C24H24N2O5S2. The third-order valence-electron chi connectivity index (χ3n) is 4.92. The van der Waals surface area contributed by atoms with Crippen LogP contribution in [-0.4, -0.2) is 23.1 Å². The van der Waals surface area contributed by atoms with Crippen LogP contribution >= 0.6 is 22.7 Å². The zero-order valence-electron chi connectivity index (χ0n) is 18.8. The molecule has 33 heavy (non-hydrogen) atoms. The van der Waals surface area contributed by atoms with Crippen LogP contribution in [0.5, 0.6) is 11.5 Å². The molecule has 0 spiro atoms. The summed E-state index contributed by atoms with van der Waals surface area (Å²) < 4.78 is 12.9. The van der Waals surface area contributed by atoms with Gasteiger partial charge in [0, 0.05) is 33.0 Å². The number of hydrogen-bond acceptors (Lipinski definition) is 7. The normalized spacial score (nSPS) is 14.1. The molecule has 2 aromatic heterocycles. The highest BCUT2D eigenvalue weighted by Crippen LogP contribution is 2.34. The minimum atomic E-state index is -0.603. The summed E-state index contributed by atoms with van der Waals surface area (Å²) in [5.41, 5.74) is -0.376. The van der Waals surface area contributed by atoms with Gasteiger partial charge in [-0.3, -0.25) is 19.0 Å². The smallest absolute Gasteiger partial charge is 0.269 e. The number of anilines is 1. The Morgan fingerprint density at radius 3 is 2.58 bits per heavy atom. The second kappa shape index (κ2) is 8.99. The van der Waals surface area contributed by atoms with Crippen LogP contribution in [0.25, 0.3) is 12.2 Å². The largest absolute Gasteiger partial charge is 0.454 e. The van der Waals surface area contributed by atoms with Gasteiger partial charge < -0.3 is 14.8 Å². The van der Waals surface area contributed by atoms with E-state index in [1.807, 2.05) is 39.8 Å². The summed E-state index contributed by atoms with van der Waals surface area (Å²) in [7, 11) is 0. The molecule has 0 bridgehead atoms. The number of benzene rings is 1. The summed E-state index contributed by atoms with van der Waals surface area (Å²) in [6.07, 6.45) is 3.26. The fraction of sp³-hybridized carbons (Fsp3) is 0.292. The molecule has 0 fully saturated rings. The Bertz CT molecular complexity index is 1410. The van der Waals surface area contributed by atoms with Crippen molar-refractivity contribution in [2.75, 3.05) is 12.1 Å². The third-order valence-corrected chi connectivity index (χ3v) is 6.93. The van der Waals surface area contributed by atoms with E-state index in [1.165, 1.54) is 22.0 Å². The van der Waals surface area contributed by atoms with Crippen molar-refractivity contribution >= 4 is 52.2 Å². The van der Waals surface area contributed by atoms with E-state index in [9.17, 15) is 14.4 Å². The topological polar surface area (TPSA) is 86.6 Å². The molecule has 4 rings (SSSR count). The predicted molar refractivity (Wildman–Crippen MR) is 131 cm³/mol. The monoisotopic (exact) mass is 484 g/mol. The number of carbonyl (C=O) groups is 2. The van der Waals surface area contributed by atoms with Gasteiger partial charge in [-0.2, -0.15) is 0 Å². The van der Waals surface area contributed by atoms with Crippen LogP contribution in [0.4, 0.5) is 5.69 Å². The highest BCUT2D eigenvalue weighted by molar-refractivity contribution is 7.13. The lowest BCUT2D eigenvalue weighted by Gasteiger charge is -2.13. The average Bonchev–Trinajstić information content (AvgIpc) is 3.43. The summed E-state index contributed by atoms with van der Waals surface area (Å²) in [5.74, 6) is 0.661. The van der Waals surface area contributed by atoms with Gasteiger partial charge >= 0.3 is 0 Å². The SMILES string of the molecule is Cc1ccc(C=c2sc(=CC(=O)C(C)(C)C)n(CC(=O)Nc3ccc4c(c3)OCO4)c2=O)s1. The maximum atomic E-state index is 13.2. The Balaban J connectivity index is 1.69. The number of ether oxygens (including phenoxy) is 2. The fourth-order valence-corrected chi connectivity index (χ4v) is 5.03. The number of amides is 1. The van der Waals surface area contributed by atoms with Crippen molar-refractivity contribution in [3.8, 4) is 11.5 Å². The lowest BCUT2D eigenvalue weighted by molar-refractivity contribution is -0.120. The van der Waals surface area contributed by atoms with E-state index in [2.05, 4.69) is 5.32 Å². The van der Waals surface area contributed by atoms with Crippen LogP contribution in [0, 0.1) is 12.3 Å². The summed E-state index contributed by atoms with van der Waals surface area (Å²) in [6.45, 7) is 7.36. The van der Waals surface area contributed by atoms with Crippen LogP contribution in [0.15, 0.2) is 35.1 Å². The second-order valence-electron chi connectivity index (χ2n) is 8.66. The van der Waals surface area contributed by atoms with Crippen molar-refractivity contribution in [3.05, 3.63) is 59.6 Å². The zero-order chi connectivity index (χ0) is 23.8. The summed E-state index contributed by atoms with van der Waals surface area (Å²) in [4.78, 5) is 40.7. The molecule has 3 aromatic rings. The van der Waals surface area contributed by atoms with Crippen molar-refractivity contribution in [1.82, 2.24) is 4.57 Å². The van der Waals surface area contributed by atoms with E-state index < -0.39 is 5.41 Å². The van der Waals surface area contributed by atoms with Gasteiger partial charge in [0.25, 0.3) is 5.56 Å². The predicted octanol–water partition coefficient (Wildman–Crippen LogP) is 2.87. The number of nitrogens with zero attached hydrogens (tertiary/aromatic N) is 1. The number of thiophene rings is 1. The first-order valence-electron chi connectivity index (χ1n) is 10.3. The summed E-state index contributed by atoms with van der Waals surface area (Å²) in [5, 5.41) is 2.78. The highest BCUT2D eigenvalue weighted by Gasteiger charge is 2.20. The van der Waals surface area contributed by atoms with E-state index in [-0.39, 0.29) is 30.6 Å². The van der Waals surface area contributed by atoms with Gasteiger partial charge in [0.1, 0.15) is 11.2 Å². The Labute approximate surface area is 198 Å². The molecule has 7 nitrogen and oxygen atoms in total. The molecule has 0 aliphatic carbocycles. The van der Waals surface area contributed by atoms with E-state index in [4.69, 9.17) is 9.47 Å². The van der Waals surface area contributed by atoms with Crippen molar-refractivity contribution < 1.29 is 19.1 Å². The molecule has 172 valence electrons. The minimum absolute atomic E-state index is 0.118. The molecule has 9 heteroatoms. The molecule has 1 aliphatic rings. The molecule has 0 radical (unpaired) electrons. The fourth-order valence-electron chi connectivity index (χ4n) is 3.10. The number of fused-ring (bicyclic) bond motifs is 1. The van der Waals surface area contributed by atoms with Crippen molar-refractivity contribution in [2.24, 2.45) is 5.41 Å². The van der Waals surface area contributed by atoms with Gasteiger partial charge in [-0.1, -0.05) is 20.8 Å². The van der Waals surface area contributed by atoms with Crippen molar-refractivity contribution in [2.45, 2.75) is 34.2 Å². The highest BCUT2D eigenvalue weighted by atomic mass is 32.1. The Kier molecular flexibility index (Phi) is 6.27. The maximum Gasteiger partial charge on any atom is 0.269 e. The van der Waals surface area contributed by atoms with Crippen LogP contribution in [-0.2, 0) is 16.1 Å². The quantitative estimate of drug-likeness (QED) is 0.602. The molecule has 0 unspecified atom stereocenters. The average molecular weight is 485 g/mol. The zero-order valence-corrected chi connectivity index (χ0v) is 20.4. The first kappa shape index (κ1) is 23.0. The number of aryl methyl sites for hydroxylation is 1. The van der Waals surface area contributed by atoms with E-state index >= 15 is 0 Å². The van der Waals surface area contributed by atoms with E-state index in [0.717, 1.165) is 9.75 Å². The second-order valence-corrected chi connectivity index (χ2v) is 11.0. The number of nitrogens with one attached hydrogen (secondary N) is 1. The van der Waals surface area contributed by atoms with Gasteiger partial charge in [-0.15, -0.1) is 22.7 Å². The molecule has 1 amide bonds. The van der Waals surface area contributed by atoms with Crippen molar-refractivity contribution in [1.29, 1.82) is 0 Å². The standard InChI is InChI=1S/C24H24N2O5S2/c1-14-5-7-16(32-14)10-19-23(29)26(22(33-19)11-20(27)24(2,3)4)12-21(28)25-15-6-8-17-18(9-15)31-13-30-17/h5-11H,12-13H2,1-4H3,(H,25,28). The Morgan fingerprint density at radius 1 is 1.12 bits per heavy atom. The summed E-state index contributed by atoms with van der Waals surface area (Å²) in [6, 6.07) is 9.02. The van der Waals surface area contributed by atoms with E-state index in [1.54, 1.807) is 35.6 Å². The number of rotatable bonds is 5. The number of aromatic nitrogens is 1. The molecule has 1 aromatic carbocycles. The number of Topliss-reactive ketones (excluding diaryl/α,β-unsaturated/α-hetero) is 1. The van der Waals surface area contributed by atoms with Gasteiger partial charge in [0.15, 0.2) is 17.3 Å². The van der Waals surface area contributed by atoms with Gasteiger partial charge in [-0.05, 0) is 37.3 Å².